The summed E-state index contributed by atoms with van der Waals surface area (Å²) < 4.78 is 18.1. The molecule has 1 fully saturated rings. The molecule has 1 N–H and O–H groups in total. The number of rotatable bonds is 6. The number of ether oxygens (including phenoxy) is 1. The SMILES string of the molecule is O=C(COc1ccc(F)cc1)NCC1CCN(C(=O)c2ccncc2)CC1. The summed E-state index contributed by atoms with van der Waals surface area (Å²) in [5.41, 5.74) is 0.648. The molecule has 1 aromatic heterocycles. The van der Waals surface area contributed by atoms with E-state index in [-0.39, 0.29) is 24.2 Å². The van der Waals surface area contributed by atoms with E-state index in [1.54, 1.807) is 24.5 Å². The van der Waals surface area contributed by atoms with Crippen molar-refractivity contribution < 1.29 is 18.7 Å². The number of amides is 2. The van der Waals surface area contributed by atoms with Crippen molar-refractivity contribution in [1.82, 2.24) is 15.2 Å². The largest absolute Gasteiger partial charge is 0.484 e. The van der Waals surface area contributed by atoms with Crippen molar-refractivity contribution in [3.63, 3.8) is 0 Å². The van der Waals surface area contributed by atoms with E-state index in [0.717, 1.165) is 12.8 Å². The molecule has 2 heterocycles. The molecular weight excluding hydrogens is 349 g/mol. The van der Waals surface area contributed by atoms with Crippen LogP contribution in [0.5, 0.6) is 5.75 Å². The molecule has 6 nitrogen and oxygen atoms in total. The van der Waals surface area contributed by atoms with Crippen LogP contribution in [0.4, 0.5) is 4.39 Å². The monoisotopic (exact) mass is 371 g/mol. The van der Waals surface area contributed by atoms with E-state index in [4.69, 9.17) is 4.74 Å². The van der Waals surface area contributed by atoms with Gasteiger partial charge in [0.1, 0.15) is 11.6 Å². The molecule has 0 saturated carbocycles. The van der Waals surface area contributed by atoms with Gasteiger partial charge in [-0.1, -0.05) is 0 Å². The number of hydrogen-bond donors (Lipinski definition) is 1. The second kappa shape index (κ2) is 9.12. The number of carbonyl (C=O) groups is 2. The minimum Gasteiger partial charge on any atom is -0.484 e. The maximum absolute atomic E-state index is 12.8. The van der Waals surface area contributed by atoms with Gasteiger partial charge in [-0.15, -0.1) is 0 Å². The smallest absolute Gasteiger partial charge is 0.257 e. The van der Waals surface area contributed by atoms with E-state index in [1.165, 1.54) is 24.3 Å². The molecule has 1 aliphatic heterocycles. The first-order valence-electron chi connectivity index (χ1n) is 8.96. The van der Waals surface area contributed by atoms with Crippen LogP contribution in [0, 0.1) is 11.7 Å². The second-order valence-electron chi connectivity index (χ2n) is 6.52. The molecule has 0 bridgehead atoms. The van der Waals surface area contributed by atoms with Gasteiger partial charge in [0.2, 0.25) is 0 Å². The van der Waals surface area contributed by atoms with E-state index in [9.17, 15) is 14.0 Å². The van der Waals surface area contributed by atoms with Gasteiger partial charge in [-0.25, -0.2) is 4.39 Å². The van der Waals surface area contributed by atoms with Gasteiger partial charge in [0, 0.05) is 37.6 Å². The number of nitrogens with zero attached hydrogens (tertiary/aromatic N) is 2. The van der Waals surface area contributed by atoms with Gasteiger partial charge in [0.05, 0.1) is 0 Å². The Morgan fingerprint density at radius 3 is 2.44 bits per heavy atom. The number of benzene rings is 1. The average Bonchev–Trinajstić information content (AvgIpc) is 2.72. The van der Waals surface area contributed by atoms with Gasteiger partial charge < -0.3 is 15.0 Å². The summed E-state index contributed by atoms with van der Waals surface area (Å²) in [6.07, 6.45) is 4.92. The summed E-state index contributed by atoms with van der Waals surface area (Å²) in [6, 6.07) is 8.98. The van der Waals surface area contributed by atoms with Gasteiger partial charge in [-0.05, 0) is 55.2 Å². The van der Waals surface area contributed by atoms with Crippen LogP contribution in [0.25, 0.3) is 0 Å². The fraction of sp³-hybridized carbons (Fsp3) is 0.350. The average molecular weight is 371 g/mol. The highest BCUT2D eigenvalue weighted by atomic mass is 19.1. The van der Waals surface area contributed by atoms with Crippen LogP contribution in [0.3, 0.4) is 0 Å². The second-order valence-corrected chi connectivity index (χ2v) is 6.52. The third kappa shape index (κ3) is 5.51. The van der Waals surface area contributed by atoms with Crippen molar-refractivity contribution >= 4 is 11.8 Å². The first-order chi connectivity index (χ1) is 13.1. The summed E-state index contributed by atoms with van der Waals surface area (Å²) >= 11 is 0. The fourth-order valence-corrected chi connectivity index (χ4v) is 3.01. The fourth-order valence-electron chi connectivity index (χ4n) is 3.01. The molecule has 3 rings (SSSR count). The number of aromatic nitrogens is 1. The lowest BCUT2D eigenvalue weighted by Crippen LogP contribution is -2.42. The highest BCUT2D eigenvalue weighted by Crippen LogP contribution is 2.18. The Kier molecular flexibility index (Phi) is 6.35. The summed E-state index contributed by atoms with van der Waals surface area (Å²) in [5.74, 6) is 0.249. The summed E-state index contributed by atoms with van der Waals surface area (Å²) in [7, 11) is 0. The lowest BCUT2D eigenvalue weighted by Gasteiger charge is -2.32. The van der Waals surface area contributed by atoms with Gasteiger partial charge in [0.15, 0.2) is 6.61 Å². The summed E-state index contributed by atoms with van der Waals surface area (Å²) in [6.45, 7) is 1.80. The van der Waals surface area contributed by atoms with E-state index in [2.05, 4.69) is 10.3 Å². The topological polar surface area (TPSA) is 71.5 Å². The number of likely N-dealkylation sites (tertiary alicyclic amines) is 1. The van der Waals surface area contributed by atoms with E-state index in [1.807, 2.05) is 4.90 Å². The van der Waals surface area contributed by atoms with Gasteiger partial charge in [-0.2, -0.15) is 0 Å². The Morgan fingerprint density at radius 2 is 1.78 bits per heavy atom. The predicted octanol–water partition coefficient (Wildman–Crippen LogP) is 2.27. The Labute approximate surface area is 157 Å². The highest BCUT2D eigenvalue weighted by Gasteiger charge is 2.23. The molecule has 0 atom stereocenters. The van der Waals surface area contributed by atoms with Gasteiger partial charge in [-0.3, -0.25) is 14.6 Å². The molecule has 0 radical (unpaired) electrons. The van der Waals surface area contributed by atoms with Crippen molar-refractivity contribution in [2.45, 2.75) is 12.8 Å². The zero-order valence-corrected chi connectivity index (χ0v) is 14.9. The molecule has 2 aromatic rings. The number of pyridine rings is 1. The first kappa shape index (κ1) is 18.8. The molecular formula is C20H22FN3O3. The Bertz CT molecular complexity index is 760. The first-order valence-corrected chi connectivity index (χ1v) is 8.96. The Morgan fingerprint density at radius 1 is 1.11 bits per heavy atom. The number of hydrogen-bond acceptors (Lipinski definition) is 4. The highest BCUT2D eigenvalue weighted by molar-refractivity contribution is 5.94. The maximum atomic E-state index is 12.8. The lowest BCUT2D eigenvalue weighted by molar-refractivity contribution is -0.123. The zero-order valence-electron chi connectivity index (χ0n) is 14.9. The molecule has 7 heteroatoms. The van der Waals surface area contributed by atoms with Crippen LogP contribution in [-0.4, -0.2) is 47.9 Å². The molecule has 0 spiro atoms. The molecule has 1 aliphatic rings. The van der Waals surface area contributed by atoms with Crippen LogP contribution < -0.4 is 10.1 Å². The number of piperidine rings is 1. The van der Waals surface area contributed by atoms with Crippen molar-refractivity contribution in [3.8, 4) is 5.75 Å². The third-order valence-electron chi connectivity index (χ3n) is 4.60. The van der Waals surface area contributed by atoms with Crippen molar-refractivity contribution in [1.29, 1.82) is 0 Å². The molecule has 1 aromatic carbocycles. The van der Waals surface area contributed by atoms with E-state index in [0.29, 0.717) is 36.9 Å². The molecule has 27 heavy (non-hydrogen) atoms. The zero-order chi connectivity index (χ0) is 19.1. The van der Waals surface area contributed by atoms with Crippen LogP contribution in [0.2, 0.25) is 0 Å². The Hall–Kier alpha value is -2.96. The number of nitrogens with one attached hydrogen (secondary N) is 1. The summed E-state index contributed by atoms with van der Waals surface area (Å²) in [4.78, 5) is 30.1. The normalized spacial score (nSPS) is 14.6. The molecule has 2 amide bonds. The number of carbonyl (C=O) groups excluding carboxylic acids is 2. The minimum absolute atomic E-state index is 0.0209. The van der Waals surface area contributed by atoms with Crippen molar-refractivity contribution in [2.24, 2.45) is 5.92 Å². The molecule has 142 valence electrons. The standard InChI is InChI=1S/C20H22FN3O3/c21-17-1-3-18(4-2-17)27-14-19(25)23-13-15-7-11-24(12-8-15)20(26)16-5-9-22-10-6-16/h1-6,9-10,15H,7-8,11-14H2,(H,23,25). The quantitative estimate of drug-likeness (QED) is 0.846. The van der Waals surface area contributed by atoms with Gasteiger partial charge in [0.25, 0.3) is 11.8 Å². The summed E-state index contributed by atoms with van der Waals surface area (Å²) in [5, 5.41) is 2.86. The van der Waals surface area contributed by atoms with Crippen LogP contribution in [0.1, 0.15) is 23.2 Å². The van der Waals surface area contributed by atoms with Crippen LogP contribution in [0.15, 0.2) is 48.8 Å². The predicted molar refractivity (Wildman–Crippen MR) is 97.8 cm³/mol. The van der Waals surface area contributed by atoms with Crippen molar-refractivity contribution in [2.75, 3.05) is 26.2 Å². The molecule has 1 saturated heterocycles. The van der Waals surface area contributed by atoms with E-state index < -0.39 is 0 Å². The van der Waals surface area contributed by atoms with Crippen LogP contribution in [-0.2, 0) is 4.79 Å². The van der Waals surface area contributed by atoms with Crippen LogP contribution >= 0.6 is 0 Å². The third-order valence-corrected chi connectivity index (χ3v) is 4.60. The Balaban J connectivity index is 1.36. The molecule has 0 unspecified atom stereocenters. The van der Waals surface area contributed by atoms with Gasteiger partial charge >= 0.3 is 0 Å². The van der Waals surface area contributed by atoms with E-state index >= 15 is 0 Å². The van der Waals surface area contributed by atoms with Crippen molar-refractivity contribution in [3.05, 3.63) is 60.2 Å². The minimum atomic E-state index is -0.347. The number of halogens is 1. The lowest BCUT2D eigenvalue weighted by atomic mass is 9.96. The maximum Gasteiger partial charge on any atom is 0.257 e. The molecule has 0 aliphatic carbocycles.